The third-order valence-corrected chi connectivity index (χ3v) is 5.88. The predicted molar refractivity (Wildman–Crippen MR) is 93.4 cm³/mol. The van der Waals surface area contributed by atoms with Gasteiger partial charge in [-0.2, -0.15) is 4.72 Å². The van der Waals surface area contributed by atoms with Gasteiger partial charge in [0.05, 0.1) is 4.90 Å². The molecule has 1 aliphatic heterocycles. The second-order valence-corrected chi connectivity index (χ2v) is 7.89. The Morgan fingerprint density at radius 3 is 2.56 bits per heavy atom. The van der Waals surface area contributed by atoms with E-state index in [1.54, 1.807) is 4.90 Å². The Hall–Kier alpha value is -2.25. The summed E-state index contributed by atoms with van der Waals surface area (Å²) in [7, 11) is -3.96. The van der Waals surface area contributed by atoms with Crippen molar-refractivity contribution in [3.8, 4) is 0 Å². The van der Waals surface area contributed by atoms with Crippen LogP contribution < -0.4 is 9.62 Å². The van der Waals surface area contributed by atoms with E-state index in [1.807, 2.05) is 32.0 Å². The molecule has 1 aliphatic rings. The first-order valence-electron chi connectivity index (χ1n) is 7.94. The molecule has 0 unspecified atom stereocenters. The highest BCUT2D eigenvalue weighted by atomic mass is 32.2. The fraction of sp³-hybridized carbons (Fsp3) is 0.278. The van der Waals surface area contributed by atoms with E-state index in [-0.39, 0.29) is 10.8 Å². The number of rotatable bonds is 4. The minimum Gasteiger partial charge on any atom is -0.311 e. The summed E-state index contributed by atoms with van der Waals surface area (Å²) in [5.74, 6) is -0.944. The van der Waals surface area contributed by atoms with Crippen molar-refractivity contribution in [1.82, 2.24) is 4.72 Å². The van der Waals surface area contributed by atoms with Gasteiger partial charge in [-0.25, -0.2) is 12.8 Å². The van der Waals surface area contributed by atoms with Crippen LogP contribution in [0.15, 0.2) is 47.4 Å². The van der Waals surface area contributed by atoms with Crippen molar-refractivity contribution in [2.24, 2.45) is 0 Å². The van der Waals surface area contributed by atoms with Crippen molar-refractivity contribution in [2.45, 2.75) is 31.2 Å². The van der Waals surface area contributed by atoms with Gasteiger partial charge >= 0.3 is 0 Å². The first-order chi connectivity index (χ1) is 11.8. The normalized spacial score (nSPS) is 18.0. The van der Waals surface area contributed by atoms with Gasteiger partial charge in [-0.05, 0) is 61.7 Å². The van der Waals surface area contributed by atoms with Crippen LogP contribution in [0.5, 0.6) is 0 Å². The third kappa shape index (κ3) is 3.57. The van der Waals surface area contributed by atoms with Crippen LogP contribution in [-0.4, -0.2) is 26.9 Å². The van der Waals surface area contributed by atoms with Crippen LogP contribution in [0.2, 0.25) is 0 Å². The summed E-state index contributed by atoms with van der Waals surface area (Å²) in [4.78, 5) is 14.0. The molecule has 0 aromatic heterocycles. The number of aryl methyl sites for hydroxylation is 2. The number of nitrogens with zero attached hydrogens (tertiary/aromatic N) is 1. The molecule has 0 aliphatic carbocycles. The van der Waals surface area contributed by atoms with Gasteiger partial charge in [0.25, 0.3) is 0 Å². The topological polar surface area (TPSA) is 66.5 Å². The molecule has 1 fully saturated rings. The molecule has 1 heterocycles. The first kappa shape index (κ1) is 17.6. The quantitative estimate of drug-likeness (QED) is 0.909. The van der Waals surface area contributed by atoms with Crippen molar-refractivity contribution in [3.63, 3.8) is 0 Å². The second kappa shape index (κ2) is 6.57. The maximum Gasteiger partial charge on any atom is 0.245 e. The third-order valence-electron chi connectivity index (χ3n) is 4.41. The van der Waals surface area contributed by atoms with Crippen LogP contribution in [0.4, 0.5) is 10.1 Å². The Labute approximate surface area is 146 Å². The first-order valence-corrected chi connectivity index (χ1v) is 9.43. The summed E-state index contributed by atoms with van der Waals surface area (Å²) in [6.07, 6.45) is 0.361. The SMILES string of the molecule is Cc1ccc(N2CC[C@@H](NS(=O)(=O)c3cccc(F)c3)C2=O)cc1C. The number of nitrogens with one attached hydrogen (secondary N) is 1. The number of benzene rings is 2. The maximum atomic E-state index is 13.3. The lowest BCUT2D eigenvalue weighted by Gasteiger charge is -2.18. The zero-order valence-electron chi connectivity index (χ0n) is 14.0. The van der Waals surface area contributed by atoms with Crippen molar-refractivity contribution in [3.05, 3.63) is 59.4 Å². The van der Waals surface area contributed by atoms with E-state index in [0.29, 0.717) is 13.0 Å². The van der Waals surface area contributed by atoms with Gasteiger partial charge in [-0.15, -0.1) is 0 Å². The van der Waals surface area contributed by atoms with Gasteiger partial charge in [0.2, 0.25) is 15.9 Å². The van der Waals surface area contributed by atoms with Crippen LogP contribution in [0.1, 0.15) is 17.5 Å². The average molecular weight is 362 g/mol. The summed E-state index contributed by atoms with van der Waals surface area (Å²) < 4.78 is 40.4. The average Bonchev–Trinajstić information content (AvgIpc) is 2.90. The lowest BCUT2D eigenvalue weighted by atomic mass is 10.1. The summed E-state index contributed by atoms with van der Waals surface area (Å²) >= 11 is 0. The van der Waals surface area contributed by atoms with E-state index in [4.69, 9.17) is 0 Å². The smallest absolute Gasteiger partial charge is 0.245 e. The largest absolute Gasteiger partial charge is 0.311 e. The van der Waals surface area contributed by atoms with E-state index in [2.05, 4.69) is 4.72 Å². The minimum absolute atomic E-state index is 0.190. The summed E-state index contributed by atoms with van der Waals surface area (Å²) in [5.41, 5.74) is 2.94. The van der Waals surface area contributed by atoms with Crippen molar-refractivity contribution in [1.29, 1.82) is 0 Å². The van der Waals surface area contributed by atoms with Crippen LogP contribution in [-0.2, 0) is 14.8 Å². The number of carbonyl (C=O) groups is 1. The van der Waals surface area contributed by atoms with Gasteiger partial charge in [0, 0.05) is 12.2 Å². The van der Waals surface area contributed by atoms with Crippen molar-refractivity contribution >= 4 is 21.6 Å². The van der Waals surface area contributed by atoms with E-state index < -0.39 is 21.9 Å². The van der Waals surface area contributed by atoms with Gasteiger partial charge < -0.3 is 4.90 Å². The molecule has 1 amide bonds. The molecule has 2 aromatic rings. The number of amides is 1. The highest BCUT2D eigenvalue weighted by Crippen LogP contribution is 2.25. The van der Waals surface area contributed by atoms with Crippen molar-refractivity contribution in [2.75, 3.05) is 11.4 Å². The Morgan fingerprint density at radius 1 is 1.12 bits per heavy atom. The summed E-state index contributed by atoms with van der Waals surface area (Å²) in [6.45, 7) is 4.38. The standard InChI is InChI=1S/C18H19FN2O3S/c1-12-6-7-15(10-13(12)2)21-9-8-17(18(21)22)20-25(23,24)16-5-3-4-14(19)11-16/h3-7,10-11,17,20H,8-9H2,1-2H3/t17-/m1/s1. The summed E-state index contributed by atoms with van der Waals surface area (Å²) in [5, 5.41) is 0. The van der Waals surface area contributed by atoms with E-state index in [1.165, 1.54) is 18.2 Å². The van der Waals surface area contributed by atoms with Crippen LogP contribution in [0.25, 0.3) is 0 Å². The highest BCUT2D eigenvalue weighted by Gasteiger charge is 2.35. The summed E-state index contributed by atoms with van der Waals surface area (Å²) in [6, 6.07) is 9.57. The van der Waals surface area contributed by atoms with Gasteiger partial charge in [-0.1, -0.05) is 12.1 Å². The lowest BCUT2D eigenvalue weighted by Crippen LogP contribution is -2.41. The monoisotopic (exact) mass is 362 g/mol. The number of hydrogen-bond donors (Lipinski definition) is 1. The molecule has 1 N–H and O–H groups in total. The van der Waals surface area contributed by atoms with Crippen LogP contribution in [0, 0.1) is 19.7 Å². The zero-order valence-corrected chi connectivity index (χ0v) is 14.8. The van der Waals surface area contributed by atoms with Gasteiger partial charge in [-0.3, -0.25) is 4.79 Å². The minimum atomic E-state index is -3.96. The molecular weight excluding hydrogens is 343 g/mol. The fourth-order valence-corrected chi connectivity index (χ4v) is 4.08. The van der Waals surface area contributed by atoms with Crippen LogP contribution >= 0.6 is 0 Å². The van der Waals surface area contributed by atoms with Crippen LogP contribution in [0.3, 0.4) is 0 Å². The molecule has 5 nitrogen and oxygen atoms in total. The van der Waals surface area contributed by atoms with E-state index >= 15 is 0 Å². The molecular formula is C18H19FN2O3S. The number of carbonyl (C=O) groups excluding carboxylic acids is 1. The maximum absolute atomic E-state index is 13.3. The zero-order chi connectivity index (χ0) is 18.2. The molecule has 0 spiro atoms. The molecule has 1 saturated heterocycles. The molecule has 3 rings (SSSR count). The van der Waals surface area contributed by atoms with E-state index in [9.17, 15) is 17.6 Å². The van der Waals surface area contributed by atoms with E-state index in [0.717, 1.165) is 22.9 Å². The molecule has 7 heteroatoms. The number of anilines is 1. The lowest BCUT2D eigenvalue weighted by molar-refractivity contribution is -0.118. The second-order valence-electron chi connectivity index (χ2n) is 6.18. The Bertz CT molecular complexity index is 928. The Kier molecular flexibility index (Phi) is 4.62. The molecule has 2 aromatic carbocycles. The molecule has 1 atom stereocenters. The molecule has 0 radical (unpaired) electrons. The predicted octanol–water partition coefficient (Wildman–Crippen LogP) is 2.53. The molecule has 25 heavy (non-hydrogen) atoms. The van der Waals surface area contributed by atoms with Gasteiger partial charge in [0.15, 0.2) is 0 Å². The fourth-order valence-electron chi connectivity index (χ4n) is 2.83. The number of sulfonamides is 1. The number of halogens is 1. The van der Waals surface area contributed by atoms with Gasteiger partial charge in [0.1, 0.15) is 11.9 Å². The van der Waals surface area contributed by atoms with Crippen molar-refractivity contribution < 1.29 is 17.6 Å². The Morgan fingerprint density at radius 2 is 1.88 bits per heavy atom. The molecule has 0 saturated carbocycles. The highest BCUT2D eigenvalue weighted by molar-refractivity contribution is 7.89. The number of hydrogen-bond acceptors (Lipinski definition) is 3. The molecule has 132 valence electrons. The Balaban J connectivity index is 1.79. The molecule has 0 bridgehead atoms.